The van der Waals surface area contributed by atoms with Gasteiger partial charge in [0.25, 0.3) is 0 Å². The Bertz CT molecular complexity index is 298. The summed E-state index contributed by atoms with van der Waals surface area (Å²) in [6.07, 6.45) is 3.98. The maximum absolute atomic E-state index is 8.98. The number of anilines is 2. The van der Waals surface area contributed by atoms with Gasteiger partial charge in [0, 0.05) is 26.3 Å². The lowest BCUT2D eigenvalue weighted by molar-refractivity contribution is 0.301. The van der Waals surface area contributed by atoms with Crippen molar-refractivity contribution < 1.29 is 5.11 Å². The van der Waals surface area contributed by atoms with Crippen molar-refractivity contribution in [2.24, 2.45) is 7.05 Å². The highest BCUT2D eigenvalue weighted by Gasteiger charge is 2.12. The molecule has 1 rings (SSSR count). The van der Waals surface area contributed by atoms with Gasteiger partial charge in [-0.3, -0.25) is 4.68 Å². The fraction of sp³-hybridized carbons (Fsp3) is 0.700. The van der Waals surface area contributed by atoms with E-state index in [1.807, 2.05) is 11.9 Å². The summed E-state index contributed by atoms with van der Waals surface area (Å²) in [6, 6.07) is 0. The molecule has 1 heterocycles. The van der Waals surface area contributed by atoms with Crippen LogP contribution in [-0.2, 0) is 7.05 Å². The first kappa shape index (κ1) is 11.8. The third kappa shape index (κ3) is 3.13. The Kier molecular flexibility index (Phi) is 4.42. The monoisotopic (exact) mass is 212 g/mol. The van der Waals surface area contributed by atoms with Crippen molar-refractivity contribution in [3.63, 3.8) is 0 Å². The lowest BCUT2D eigenvalue weighted by atomic mass is 10.3. The molecule has 1 aromatic heterocycles. The molecule has 0 bridgehead atoms. The maximum Gasteiger partial charge on any atom is 0.173 e. The molecular formula is C10H20N4O. The number of rotatable bonds is 6. The van der Waals surface area contributed by atoms with E-state index in [0.29, 0.717) is 12.2 Å². The van der Waals surface area contributed by atoms with E-state index in [0.717, 1.165) is 25.2 Å². The number of hydrogen-bond acceptors (Lipinski definition) is 4. The number of aromatic nitrogens is 2. The van der Waals surface area contributed by atoms with Crippen molar-refractivity contribution >= 4 is 11.5 Å². The zero-order chi connectivity index (χ0) is 11.3. The molecule has 0 saturated heterocycles. The van der Waals surface area contributed by atoms with E-state index < -0.39 is 0 Å². The molecule has 3 N–H and O–H groups in total. The SMILES string of the molecule is CCCCN(CCO)c1nn(C)cc1N. The van der Waals surface area contributed by atoms with Crippen LogP contribution in [0, 0.1) is 0 Å². The molecule has 0 aromatic carbocycles. The highest BCUT2D eigenvalue weighted by molar-refractivity contribution is 5.61. The van der Waals surface area contributed by atoms with Crippen LogP contribution in [0.1, 0.15) is 19.8 Å². The van der Waals surface area contributed by atoms with Crippen LogP contribution in [-0.4, -0.2) is 34.6 Å². The van der Waals surface area contributed by atoms with Crippen LogP contribution in [0.2, 0.25) is 0 Å². The van der Waals surface area contributed by atoms with Crippen LogP contribution in [0.5, 0.6) is 0 Å². The van der Waals surface area contributed by atoms with Crippen molar-refractivity contribution in [1.29, 1.82) is 0 Å². The standard InChI is InChI=1S/C10H20N4O/c1-3-4-5-14(6-7-15)10-9(11)8-13(2)12-10/h8,15H,3-7,11H2,1-2H3. The quantitative estimate of drug-likeness (QED) is 0.724. The molecule has 0 spiro atoms. The summed E-state index contributed by atoms with van der Waals surface area (Å²) in [5.41, 5.74) is 6.51. The Morgan fingerprint density at radius 1 is 1.53 bits per heavy atom. The molecule has 0 radical (unpaired) electrons. The first-order chi connectivity index (χ1) is 7.19. The Balaban J connectivity index is 2.73. The van der Waals surface area contributed by atoms with Gasteiger partial charge in [0.05, 0.1) is 12.3 Å². The van der Waals surface area contributed by atoms with Gasteiger partial charge in [-0.05, 0) is 6.42 Å². The van der Waals surface area contributed by atoms with Crippen LogP contribution in [0.4, 0.5) is 11.5 Å². The van der Waals surface area contributed by atoms with Crippen LogP contribution in [0.25, 0.3) is 0 Å². The van der Waals surface area contributed by atoms with E-state index in [4.69, 9.17) is 10.8 Å². The molecule has 0 aliphatic rings. The molecule has 0 aliphatic heterocycles. The highest BCUT2D eigenvalue weighted by Crippen LogP contribution is 2.20. The molecule has 0 unspecified atom stereocenters. The first-order valence-corrected chi connectivity index (χ1v) is 5.34. The van der Waals surface area contributed by atoms with Crippen molar-refractivity contribution in [3.05, 3.63) is 6.20 Å². The van der Waals surface area contributed by atoms with Gasteiger partial charge >= 0.3 is 0 Å². The molecule has 0 atom stereocenters. The predicted octanol–water partition coefficient (Wildman–Crippen LogP) is 0.601. The number of aliphatic hydroxyl groups excluding tert-OH is 1. The van der Waals surface area contributed by atoms with Gasteiger partial charge in [0.2, 0.25) is 0 Å². The largest absolute Gasteiger partial charge is 0.395 e. The summed E-state index contributed by atoms with van der Waals surface area (Å²) in [4.78, 5) is 2.03. The van der Waals surface area contributed by atoms with Gasteiger partial charge in [-0.25, -0.2) is 0 Å². The molecule has 5 nitrogen and oxygen atoms in total. The Hall–Kier alpha value is -1.23. The van der Waals surface area contributed by atoms with Crippen LogP contribution < -0.4 is 10.6 Å². The highest BCUT2D eigenvalue weighted by atomic mass is 16.3. The van der Waals surface area contributed by atoms with Crippen molar-refractivity contribution in [1.82, 2.24) is 9.78 Å². The van der Waals surface area contributed by atoms with Crippen LogP contribution >= 0.6 is 0 Å². The molecule has 5 heteroatoms. The van der Waals surface area contributed by atoms with Gasteiger partial charge in [-0.2, -0.15) is 5.10 Å². The van der Waals surface area contributed by atoms with Gasteiger partial charge in [0.15, 0.2) is 5.82 Å². The maximum atomic E-state index is 8.98. The second-order valence-electron chi connectivity index (χ2n) is 3.65. The summed E-state index contributed by atoms with van der Waals surface area (Å²) in [5.74, 6) is 0.778. The zero-order valence-electron chi connectivity index (χ0n) is 9.48. The van der Waals surface area contributed by atoms with Gasteiger partial charge < -0.3 is 15.7 Å². The molecular weight excluding hydrogens is 192 g/mol. The fourth-order valence-corrected chi connectivity index (χ4v) is 1.53. The second kappa shape index (κ2) is 5.60. The van der Waals surface area contributed by atoms with Gasteiger partial charge in [-0.1, -0.05) is 13.3 Å². The minimum atomic E-state index is 0.125. The minimum Gasteiger partial charge on any atom is -0.395 e. The zero-order valence-corrected chi connectivity index (χ0v) is 9.48. The normalized spacial score (nSPS) is 10.6. The number of aliphatic hydroxyl groups is 1. The average Bonchev–Trinajstić information content (AvgIpc) is 2.52. The van der Waals surface area contributed by atoms with Crippen LogP contribution in [0.3, 0.4) is 0 Å². The topological polar surface area (TPSA) is 67.3 Å². The van der Waals surface area contributed by atoms with E-state index in [1.165, 1.54) is 0 Å². The summed E-state index contributed by atoms with van der Waals surface area (Å²) in [5, 5.41) is 13.3. The summed E-state index contributed by atoms with van der Waals surface area (Å²) in [7, 11) is 1.84. The van der Waals surface area contributed by atoms with Crippen molar-refractivity contribution in [2.45, 2.75) is 19.8 Å². The Morgan fingerprint density at radius 2 is 2.27 bits per heavy atom. The lowest BCUT2D eigenvalue weighted by Crippen LogP contribution is -2.28. The molecule has 0 aliphatic carbocycles. The Labute approximate surface area is 90.5 Å². The molecule has 86 valence electrons. The summed E-state index contributed by atoms with van der Waals surface area (Å²) >= 11 is 0. The van der Waals surface area contributed by atoms with Gasteiger partial charge in [-0.15, -0.1) is 0 Å². The smallest absolute Gasteiger partial charge is 0.173 e. The molecule has 15 heavy (non-hydrogen) atoms. The van der Waals surface area contributed by atoms with E-state index in [1.54, 1.807) is 10.9 Å². The van der Waals surface area contributed by atoms with E-state index in [9.17, 15) is 0 Å². The number of nitrogens with zero attached hydrogens (tertiary/aromatic N) is 3. The van der Waals surface area contributed by atoms with Crippen molar-refractivity contribution in [3.8, 4) is 0 Å². The predicted molar refractivity (Wildman–Crippen MR) is 61.8 cm³/mol. The average molecular weight is 212 g/mol. The second-order valence-corrected chi connectivity index (χ2v) is 3.65. The summed E-state index contributed by atoms with van der Waals surface area (Å²) in [6.45, 7) is 3.73. The molecule has 1 aromatic rings. The van der Waals surface area contributed by atoms with Crippen molar-refractivity contribution in [2.75, 3.05) is 30.3 Å². The number of unbranched alkanes of at least 4 members (excludes halogenated alkanes) is 1. The third-order valence-corrected chi connectivity index (χ3v) is 2.29. The van der Waals surface area contributed by atoms with Crippen LogP contribution in [0.15, 0.2) is 6.20 Å². The van der Waals surface area contributed by atoms with E-state index in [-0.39, 0.29) is 6.61 Å². The number of aryl methyl sites for hydroxylation is 1. The lowest BCUT2D eigenvalue weighted by Gasteiger charge is -2.21. The molecule has 0 amide bonds. The number of nitrogen functional groups attached to an aromatic ring is 1. The molecule has 0 saturated carbocycles. The van der Waals surface area contributed by atoms with E-state index in [2.05, 4.69) is 12.0 Å². The number of hydrogen-bond donors (Lipinski definition) is 2. The summed E-state index contributed by atoms with van der Waals surface area (Å²) < 4.78 is 1.70. The Morgan fingerprint density at radius 3 is 2.73 bits per heavy atom. The minimum absolute atomic E-state index is 0.125. The molecule has 0 fully saturated rings. The van der Waals surface area contributed by atoms with E-state index >= 15 is 0 Å². The fourth-order valence-electron chi connectivity index (χ4n) is 1.53. The third-order valence-electron chi connectivity index (χ3n) is 2.29. The first-order valence-electron chi connectivity index (χ1n) is 5.34. The number of nitrogens with two attached hydrogens (primary N) is 1. The van der Waals surface area contributed by atoms with Gasteiger partial charge in [0.1, 0.15) is 0 Å².